The van der Waals surface area contributed by atoms with Crippen LogP contribution in [0.15, 0.2) is 36.4 Å². The van der Waals surface area contributed by atoms with Crippen LogP contribution in [0.1, 0.15) is 17.2 Å². The smallest absolute Gasteiger partial charge is 0.323 e. The predicted octanol–water partition coefficient (Wildman–Crippen LogP) is 3.25. The maximum absolute atomic E-state index is 14.3. The Morgan fingerprint density at radius 1 is 1.23 bits per heavy atom. The first-order valence-corrected chi connectivity index (χ1v) is 8.03. The van der Waals surface area contributed by atoms with Crippen LogP contribution in [0.4, 0.5) is 25.0 Å². The average Bonchev–Trinajstić information content (AvgIpc) is 2.66. The molecule has 26 heavy (non-hydrogen) atoms. The predicted molar refractivity (Wildman–Crippen MR) is 94.9 cm³/mol. The number of nitrogens with one attached hydrogen (secondary N) is 3. The Kier molecular flexibility index (Phi) is 5.46. The standard InChI is InChI=1S/C19H17F2N3O2/c1-2-12-4-3-5-16(18(12)21)24-19(25)23-15-7-6-13(10-14(15)20)17-11-22-8-9-26-17/h1,3-7,10,17,22H,8-9,11H2,(H2,23,24,25). The summed E-state index contributed by atoms with van der Waals surface area (Å²) in [5.74, 6) is 0.855. The second-order valence-electron chi connectivity index (χ2n) is 5.69. The molecule has 0 aliphatic carbocycles. The van der Waals surface area contributed by atoms with Crippen LogP contribution >= 0.6 is 0 Å². The van der Waals surface area contributed by atoms with Crippen LogP contribution < -0.4 is 16.0 Å². The summed E-state index contributed by atoms with van der Waals surface area (Å²) in [6.45, 7) is 1.91. The zero-order chi connectivity index (χ0) is 18.5. The highest BCUT2D eigenvalue weighted by atomic mass is 19.1. The average molecular weight is 357 g/mol. The molecule has 2 amide bonds. The second kappa shape index (κ2) is 7.95. The Morgan fingerprint density at radius 3 is 2.73 bits per heavy atom. The second-order valence-corrected chi connectivity index (χ2v) is 5.69. The molecule has 1 heterocycles. The first kappa shape index (κ1) is 17.9. The molecular formula is C19H17F2N3O2. The molecule has 7 heteroatoms. The minimum Gasteiger partial charge on any atom is -0.371 e. The number of amides is 2. The SMILES string of the molecule is C#Cc1cccc(NC(=O)Nc2ccc(C3CNCCO3)cc2F)c1F. The quantitative estimate of drug-likeness (QED) is 0.739. The number of ether oxygens (including phenoxy) is 1. The van der Waals surface area contributed by atoms with Crippen LogP contribution in [0.25, 0.3) is 0 Å². The Labute approximate surface area is 149 Å². The fourth-order valence-corrected chi connectivity index (χ4v) is 2.63. The minimum atomic E-state index is -0.777. The molecule has 5 nitrogen and oxygen atoms in total. The highest BCUT2D eigenvalue weighted by molar-refractivity contribution is 6.00. The van der Waals surface area contributed by atoms with Crippen molar-refractivity contribution in [1.82, 2.24) is 5.32 Å². The van der Waals surface area contributed by atoms with E-state index in [0.29, 0.717) is 18.7 Å². The van der Waals surface area contributed by atoms with Gasteiger partial charge in [0.15, 0.2) is 5.82 Å². The summed E-state index contributed by atoms with van der Waals surface area (Å²) in [6, 6.07) is 7.95. The van der Waals surface area contributed by atoms with Crippen LogP contribution in [0.3, 0.4) is 0 Å². The number of benzene rings is 2. The fourth-order valence-electron chi connectivity index (χ4n) is 2.63. The number of halogens is 2. The molecule has 0 saturated carbocycles. The van der Waals surface area contributed by atoms with Gasteiger partial charge in [-0.25, -0.2) is 13.6 Å². The third-order valence-electron chi connectivity index (χ3n) is 3.94. The van der Waals surface area contributed by atoms with Crippen LogP contribution in [-0.2, 0) is 4.74 Å². The minimum absolute atomic E-state index is 0.0245. The monoisotopic (exact) mass is 357 g/mol. The third-order valence-corrected chi connectivity index (χ3v) is 3.94. The normalized spacial score (nSPS) is 16.6. The van der Waals surface area contributed by atoms with E-state index < -0.39 is 17.7 Å². The molecule has 0 radical (unpaired) electrons. The Hall–Kier alpha value is -2.95. The highest BCUT2D eigenvalue weighted by Crippen LogP contribution is 2.24. The Bertz CT molecular complexity index is 858. The molecule has 1 aliphatic heterocycles. The first-order chi connectivity index (χ1) is 12.6. The van der Waals surface area contributed by atoms with E-state index in [4.69, 9.17) is 11.2 Å². The third kappa shape index (κ3) is 3.99. The van der Waals surface area contributed by atoms with Crippen LogP contribution in [-0.4, -0.2) is 25.7 Å². The molecule has 0 bridgehead atoms. The summed E-state index contributed by atoms with van der Waals surface area (Å²) in [4.78, 5) is 12.0. The van der Waals surface area contributed by atoms with Crippen molar-refractivity contribution < 1.29 is 18.3 Å². The van der Waals surface area contributed by atoms with E-state index >= 15 is 0 Å². The fraction of sp³-hybridized carbons (Fsp3) is 0.211. The van der Waals surface area contributed by atoms with Gasteiger partial charge in [0.1, 0.15) is 5.82 Å². The number of anilines is 2. The van der Waals surface area contributed by atoms with Gasteiger partial charge in [0.2, 0.25) is 0 Å². The lowest BCUT2D eigenvalue weighted by atomic mass is 10.1. The molecule has 1 atom stereocenters. The van der Waals surface area contributed by atoms with E-state index in [2.05, 4.69) is 21.9 Å². The maximum Gasteiger partial charge on any atom is 0.323 e. The van der Waals surface area contributed by atoms with Crippen molar-refractivity contribution in [3.63, 3.8) is 0 Å². The topological polar surface area (TPSA) is 62.4 Å². The largest absolute Gasteiger partial charge is 0.371 e. The zero-order valence-corrected chi connectivity index (χ0v) is 13.8. The lowest BCUT2D eigenvalue weighted by molar-refractivity contribution is 0.0275. The van der Waals surface area contributed by atoms with Crippen molar-refractivity contribution in [2.75, 3.05) is 30.3 Å². The number of morpholine rings is 1. The molecule has 2 aromatic carbocycles. The van der Waals surface area contributed by atoms with Crippen molar-refractivity contribution in [1.29, 1.82) is 0 Å². The number of terminal acetylenes is 1. The van der Waals surface area contributed by atoms with Gasteiger partial charge in [-0.05, 0) is 29.8 Å². The number of carbonyl (C=O) groups is 1. The van der Waals surface area contributed by atoms with Gasteiger partial charge in [0, 0.05) is 13.1 Å². The molecular weight excluding hydrogens is 340 g/mol. The molecule has 1 aliphatic rings. The molecule has 0 spiro atoms. The number of carbonyl (C=O) groups excluding carboxylic acids is 1. The van der Waals surface area contributed by atoms with E-state index in [1.165, 1.54) is 30.3 Å². The lowest BCUT2D eigenvalue weighted by Crippen LogP contribution is -2.33. The van der Waals surface area contributed by atoms with Crippen molar-refractivity contribution in [3.8, 4) is 12.3 Å². The molecule has 1 fully saturated rings. The van der Waals surface area contributed by atoms with Gasteiger partial charge in [-0.3, -0.25) is 0 Å². The number of urea groups is 1. The van der Waals surface area contributed by atoms with Gasteiger partial charge in [0.25, 0.3) is 0 Å². The molecule has 1 saturated heterocycles. The van der Waals surface area contributed by atoms with Gasteiger partial charge < -0.3 is 20.7 Å². The van der Waals surface area contributed by atoms with Gasteiger partial charge in [-0.15, -0.1) is 6.42 Å². The Morgan fingerprint density at radius 2 is 2.04 bits per heavy atom. The number of hydrogen-bond acceptors (Lipinski definition) is 3. The van der Waals surface area contributed by atoms with Crippen LogP contribution in [0, 0.1) is 24.0 Å². The van der Waals surface area contributed by atoms with Gasteiger partial charge in [-0.1, -0.05) is 18.1 Å². The molecule has 2 aromatic rings. The number of rotatable bonds is 3. The van der Waals surface area contributed by atoms with Crippen molar-refractivity contribution in [2.24, 2.45) is 0 Å². The van der Waals surface area contributed by atoms with Crippen molar-refractivity contribution in [2.45, 2.75) is 6.10 Å². The molecule has 0 aromatic heterocycles. The summed E-state index contributed by atoms with van der Waals surface area (Å²) in [7, 11) is 0. The van der Waals surface area contributed by atoms with Gasteiger partial charge in [0.05, 0.1) is 29.6 Å². The molecule has 3 rings (SSSR count). The van der Waals surface area contributed by atoms with Crippen LogP contribution in [0.2, 0.25) is 0 Å². The molecule has 3 N–H and O–H groups in total. The first-order valence-electron chi connectivity index (χ1n) is 8.03. The van der Waals surface area contributed by atoms with E-state index in [9.17, 15) is 13.6 Å². The van der Waals surface area contributed by atoms with Gasteiger partial charge >= 0.3 is 6.03 Å². The van der Waals surface area contributed by atoms with Crippen LogP contribution in [0.5, 0.6) is 0 Å². The Balaban J connectivity index is 1.69. The molecule has 134 valence electrons. The summed E-state index contributed by atoms with van der Waals surface area (Å²) in [5, 5.41) is 7.84. The van der Waals surface area contributed by atoms with Crippen molar-refractivity contribution >= 4 is 17.4 Å². The van der Waals surface area contributed by atoms with E-state index in [-0.39, 0.29) is 23.0 Å². The summed E-state index contributed by atoms with van der Waals surface area (Å²) >= 11 is 0. The van der Waals surface area contributed by atoms with E-state index in [1.807, 2.05) is 0 Å². The zero-order valence-electron chi connectivity index (χ0n) is 13.8. The molecule has 1 unspecified atom stereocenters. The van der Waals surface area contributed by atoms with E-state index in [1.54, 1.807) is 6.07 Å². The lowest BCUT2D eigenvalue weighted by Gasteiger charge is -2.24. The van der Waals surface area contributed by atoms with E-state index in [0.717, 1.165) is 6.54 Å². The van der Waals surface area contributed by atoms with Crippen molar-refractivity contribution in [3.05, 3.63) is 59.2 Å². The summed E-state index contributed by atoms with van der Waals surface area (Å²) in [6.07, 6.45) is 4.95. The highest BCUT2D eigenvalue weighted by Gasteiger charge is 2.18. The summed E-state index contributed by atoms with van der Waals surface area (Å²) in [5.41, 5.74) is 0.591. The summed E-state index contributed by atoms with van der Waals surface area (Å²) < 4.78 is 33.9. The maximum atomic E-state index is 14.3. The van der Waals surface area contributed by atoms with Gasteiger partial charge in [-0.2, -0.15) is 0 Å². The number of hydrogen-bond donors (Lipinski definition) is 3.